The first-order valence-electron chi connectivity index (χ1n) is 19.3. The number of esters is 1. The second-order valence-electron chi connectivity index (χ2n) is 14.3. The molecule has 3 amide bonds. The lowest BCUT2D eigenvalue weighted by molar-refractivity contribution is -0.146. The third-order valence-corrected chi connectivity index (χ3v) is 11.3. The van der Waals surface area contributed by atoms with E-state index < -0.39 is 66.1 Å². The average Bonchev–Trinajstić information content (AvgIpc) is 3.86. The van der Waals surface area contributed by atoms with E-state index in [0.717, 1.165) is 24.3 Å². The van der Waals surface area contributed by atoms with Crippen LogP contribution in [-0.2, 0) is 28.7 Å². The molecule has 0 aromatic heterocycles. The predicted molar refractivity (Wildman–Crippen MR) is 211 cm³/mol. The molecule has 11 nitrogen and oxygen atoms in total. The van der Waals surface area contributed by atoms with Gasteiger partial charge in [-0.1, -0.05) is 72.8 Å². The van der Waals surface area contributed by atoms with Crippen LogP contribution in [0.3, 0.4) is 0 Å². The van der Waals surface area contributed by atoms with E-state index >= 15 is 9.59 Å². The summed E-state index contributed by atoms with van der Waals surface area (Å²) in [4.78, 5) is 62.6. The molecule has 55 heavy (non-hydrogen) atoms. The molecule has 3 aliphatic rings. The monoisotopic (exact) mass is 748 g/mol. The van der Waals surface area contributed by atoms with Crippen molar-refractivity contribution in [1.82, 2.24) is 10.2 Å². The lowest BCUT2D eigenvalue weighted by Crippen LogP contribution is -2.57. The van der Waals surface area contributed by atoms with Crippen molar-refractivity contribution in [3.63, 3.8) is 0 Å². The number of hydrogen-bond acceptors (Lipinski definition) is 8. The van der Waals surface area contributed by atoms with Crippen molar-refractivity contribution in [3.8, 4) is 0 Å². The highest BCUT2D eigenvalue weighted by Gasteiger charge is 2.75. The Balaban J connectivity index is 1.37. The first-order chi connectivity index (χ1) is 26.7. The number of nitrogens with one attached hydrogen (secondary N) is 1. The van der Waals surface area contributed by atoms with E-state index in [1.165, 1.54) is 4.90 Å². The van der Waals surface area contributed by atoms with Crippen molar-refractivity contribution in [2.45, 2.75) is 69.4 Å². The lowest BCUT2D eigenvalue weighted by atomic mass is 9.70. The second kappa shape index (κ2) is 17.5. The van der Waals surface area contributed by atoms with Crippen LogP contribution in [0.15, 0.2) is 110 Å². The summed E-state index contributed by atoms with van der Waals surface area (Å²) < 4.78 is 12.4. The maximum atomic E-state index is 15.2. The molecule has 3 aromatic carbocycles. The predicted octanol–water partition coefficient (Wildman–Crippen LogP) is 5.53. The van der Waals surface area contributed by atoms with Gasteiger partial charge in [0.1, 0.15) is 18.2 Å². The number of fused-ring (bicyclic) bond motifs is 1. The molecular weight excluding hydrogens is 697 g/mol. The van der Waals surface area contributed by atoms with E-state index in [4.69, 9.17) is 9.47 Å². The summed E-state index contributed by atoms with van der Waals surface area (Å²) in [5.74, 6) is -3.57. The minimum Gasteiger partial charge on any atom is -0.463 e. The largest absolute Gasteiger partial charge is 0.463 e. The second-order valence-corrected chi connectivity index (χ2v) is 14.3. The van der Waals surface area contributed by atoms with E-state index in [-0.39, 0.29) is 25.5 Å². The number of amides is 3. The highest BCUT2D eigenvalue weighted by molar-refractivity contribution is 6.05. The van der Waals surface area contributed by atoms with Crippen molar-refractivity contribution in [3.05, 3.63) is 121 Å². The highest BCUT2D eigenvalue weighted by atomic mass is 16.5. The van der Waals surface area contributed by atoms with Crippen LogP contribution >= 0.6 is 0 Å². The summed E-state index contributed by atoms with van der Waals surface area (Å²) in [6.45, 7) is 13.0. The van der Waals surface area contributed by atoms with Gasteiger partial charge in [0.05, 0.1) is 36.6 Å². The number of likely N-dealkylation sites (tertiary alicyclic amines) is 1. The third kappa shape index (κ3) is 7.68. The van der Waals surface area contributed by atoms with E-state index in [9.17, 15) is 14.7 Å². The number of allylic oxidation sites excluding steroid dienone is 1. The number of carbonyl (C=O) groups is 4. The minimum atomic E-state index is -1.33. The Hall–Kier alpha value is -5.26. The Morgan fingerprint density at radius 1 is 0.964 bits per heavy atom. The standard InChI is InChI=1S/C44H52N4O7/c1-5-9-20-37(50)54-29-34(30-16-12-10-13-17-30)45-41(51)38-36-25-26-44(55-36)39(38)42(52)48(35(28-49)31-18-14-11-15-19-31)40(44)43(53)47(27-6-2)33-23-21-32(22-24-33)46(7-3)8-4/h5-6,10-19,21-24,34-36,38-40,49H,1-2,7-9,20,25-29H2,3-4H3,(H,45,51)/t34-,35+,36-,38+,39+,40-,44+/m0/s1. The average molecular weight is 749 g/mol. The molecule has 3 heterocycles. The van der Waals surface area contributed by atoms with Gasteiger partial charge in [-0.25, -0.2) is 0 Å². The van der Waals surface area contributed by atoms with Gasteiger partial charge in [-0.3, -0.25) is 19.2 Å². The number of anilines is 2. The zero-order valence-corrected chi connectivity index (χ0v) is 31.7. The third-order valence-electron chi connectivity index (χ3n) is 11.3. The zero-order chi connectivity index (χ0) is 39.1. The Morgan fingerprint density at radius 3 is 2.20 bits per heavy atom. The summed E-state index contributed by atoms with van der Waals surface area (Å²) in [6.07, 6.45) is 4.13. The fraction of sp³-hybridized carbons (Fsp3) is 0.409. The number of hydrogen-bond donors (Lipinski definition) is 2. The number of ether oxygens (including phenoxy) is 2. The SMILES string of the molecule is C=CCCC(=O)OC[C@H](NC(=O)[C@@H]1[C@@H]2CC[C@]3(O2)[C@H](C(=O)N(CC=C)c2ccc(N(CC)CC)cc2)N([C@H](CO)c2ccccc2)C(=O)[C@@H]13)c1ccccc1. The van der Waals surface area contributed by atoms with Crippen molar-refractivity contribution in [2.24, 2.45) is 11.8 Å². The van der Waals surface area contributed by atoms with Gasteiger partial charge in [-0.2, -0.15) is 0 Å². The van der Waals surface area contributed by atoms with Crippen LogP contribution in [0.25, 0.3) is 0 Å². The molecule has 3 saturated heterocycles. The fourth-order valence-corrected chi connectivity index (χ4v) is 8.71. The Kier molecular flexibility index (Phi) is 12.5. The topological polar surface area (TPSA) is 129 Å². The first kappa shape index (κ1) is 39.4. The normalized spacial score (nSPS) is 23.4. The van der Waals surface area contributed by atoms with Crippen LogP contribution in [0.2, 0.25) is 0 Å². The summed E-state index contributed by atoms with van der Waals surface area (Å²) in [7, 11) is 0. The van der Waals surface area contributed by atoms with Crippen LogP contribution in [0, 0.1) is 11.8 Å². The number of rotatable bonds is 18. The maximum Gasteiger partial charge on any atom is 0.306 e. The quantitative estimate of drug-likeness (QED) is 0.129. The van der Waals surface area contributed by atoms with Crippen LogP contribution in [0.1, 0.15) is 62.7 Å². The van der Waals surface area contributed by atoms with Crippen molar-refractivity contribution >= 4 is 35.1 Å². The number of aliphatic hydroxyl groups excluding tert-OH is 1. The lowest BCUT2D eigenvalue weighted by Gasteiger charge is -2.39. The molecule has 2 bridgehead atoms. The number of carbonyl (C=O) groups excluding carboxylic acids is 4. The van der Waals surface area contributed by atoms with Gasteiger partial charge in [-0.15, -0.1) is 13.2 Å². The molecule has 0 saturated carbocycles. The van der Waals surface area contributed by atoms with Crippen molar-refractivity contribution in [2.75, 3.05) is 42.6 Å². The maximum absolute atomic E-state index is 15.2. The molecule has 0 radical (unpaired) electrons. The molecule has 3 fully saturated rings. The van der Waals surface area contributed by atoms with Gasteiger partial charge >= 0.3 is 5.97 Å². The smallest absolute Gasteiger partial charge is 0.306 e. The molecule has 290 valence electrons. The van der Waals surface area contributed by atoms with E-state index in [1.807, 2.05) is 84.9 Å². The Labute approximate surface area is 323 Å². The molecule has 6 rings (SSSR count). The molecule has 3 aliphatic heterocycles. The minimum absolute atomic E-state index is 0.106. The molecule has 11 heteroatoms. The summed E-state index contributed by atoms with van der Waals surface area (Å²) >= 11 is 0. The van der Waals surface area contributed by atoms with Gasteiger partial charge in [0.2, 0.25) is 11.8 Å². The summed E-state index contributed by atoms with van der Waals surface area (Å²) in [6, 6.07) is 23.3. The molecule has 7 atom stereocenters. The van der Waals surface area contributed by atoms with Gasteiger partial charge in [-0.05, 0) is 68.5 Å². The Morgan fingerprint density at radius 2 is 1.60 bits per heavy atom. The molecule has 3 aromatic rings. The Bertz CT molecular complexity index is 1830. The molecule has 0 unspecified atom stereocenters. The van der Waals surface area contributed by atoms with Gasteiger partial charge in [0.25, 0.3) is 5.91 Å². The zero-order valence-electron chi connectivity index (χ0n) is 31.7. The van der Waals surface area contributed by atoms with E-state index in [2.05, 4.69) is 37.2 Å². The van der Waals surface area contributed by atoms with Crippen molar-refractivity contribution in [1.29, 1.82) is 0 Å². The molecular formula is C44H52N4O7. The molecule has 2 N–H and O–H groups in total. The van der Waals surface area contributed by atoms with Crippen LogP contribution < -0.4 is 15.1 Å². The molecule has 1 spiro atoms. The number of benzene rings is 3. The number of aliphatic hydroxyl groups is 1. The van der Waals surface area contributed by atoms with Gasteiger partial charge < -0.3 is 34.6 Å². The van der Waals surface area contributed by atoms with Gasteiger partial charge in [0, 0.05) is 37.4 Å². The summed E-state index contributed by atoms with van der Waals surface area (Å²) in [5, 5.41) is 14.0. The van der Waals surface area contributed by atoms with Crippen LogP contribution in [0.5, 0.6) is 0 Å². The van der Waals surface area contributed by atoms with Crippen molar-refractivity contribution < 1.29 is 33.8 Å². The van der Waals surface area contributed by atoms with Crippen LogP contribution in [0.4, 0.5) is 11.4 Å². The van der Waals surface area contributed by atoms with Gasteiger partial charge in [0.15, 0.2) is 0 Å². The number of nitrogens with zero attached hydrogens (tertiary/aromatic N) is 3. The molecule has 0 aliphatic carbocycles. The fourth-order valence-electron chi connectivity index (χ4n) is 8.71. The highest BCUT2D eigenvalue weighted by Crippen LogP contribution is 2.60. The van der Waals surface area contributed by atoms with E-state index in [1.54, 1.807) is 17.1 Å². The van der Waals surface area contributed by atoms with E-state index in [0.29, 0.717) is 30.5 Å². The van der Waals surface area contributed by atoms with Crippen LogP contribution in [-0.4, -0.2) is 84.3 Å². The first-order valence-corrected chi connectivity index (χ1v) is 19.3. The summed E-state index contributed by atoms with van der Waals surface area (Å²) in [5.41, 5.74) is 1.71.